The standard InChI is InChI=1S/C48H37NO/c1-48(2,3)46-44-19-8-9-21-45(44)50-47(46)36-15-10-16-38(31-36)49(39-28-29-43-35(30-39)23-22-33-13-5-7-18-41(33)43)37-26-24-34(25-27-37)42-20-11-14-32-12-4-6-17-40(32)42/h4-31H,1-3H3. The van der Waals surface area contributed by atoms with Gasteiger partial charge in [-0.05, 0) is 91.3 Å². The highest BCUT2D eigenvalue weighted by Gasteiger charge is 2.26. The van der Waals surface area contributed by atoms with Gasteiger partial charge in [0, 0.05) is 33.6 Å². The number of furan rings is 1. The molecule has 0 saturated heterocycles. The summed E-state index contributed by atoms with van der Waals surface area (Å²) in [7, 11) is 0. The van der Waals surface area contributed by atoms with Gasteiger partial charge >= 0.3 is 0 Å². The fourth-order valence-corrected chi connectivity index (χ4v) is 7.63. The Morgan fingerprint density at radius 3 is 1.82 bits per heavy atom. The molecule has 0 atom stereocenters. The molecule has 1 aromatic heterocycles. The van der Waals surface area contributed by atoms with Crippen LogP contribution in [0.25, 0.3) is 65.7 Å². The van der Waals surface area contributed by atoms with E-state index in [1.807, 2.05) is 6.07 Å². The van der Waals surface area contributed by atoms with Gasteiger partial charge in [-0.25, -0.2) is 0 Å². The molecule has 0 amide bonds. The van der Waals surface area contributed by atoms with Gasteiger partial charge in [0.1, 0.15) is 11.3 Å². The number of hydrogen-bond donors (Lipinski definition) is 0. The molecule has 0 aliphatic heterocycles. The summed E-state index contributed by atoms with van der Waals surface area (Å²) in [6.45, 7) is 6.79. The zero-order valence-corrected chi connectivity index (χ0v) is 28.5. The summed E-state index contributed by atoms with van der Waals surface area (Å²) in [5, 5.41) is 8.66. The zero-order chi connectivity index (χ0) is 33.8. The second kappa shape index (κ2) is 11.8. The van der Waals surface area contributed by atoms with Crippen LogP contribution in [0.5, 0.6) is 0 Å². The van der Waals surface area contributed by atoms with E-state index in [1.54, 1.807) is 0 Å². The Hall–Kier alpha value is -6.12. The topological polar surface area (TPSA) is 16.4 Å². The zero-order valence-electron chi connectivity index (χ0n) is 28.5. The van der Waals surface area contributed by atoms with Crippen molar-refractivity contribution >= 4 is 60.3 Å². The van der Waals surface area contributed by atoms with Crippen LogP contribution in [0.3, 0.4) is 0 Å². The lowest BCUT2D eigenvalue weighted by molar-refractivity contribution is 0.568. The maximum absolute atomic E-state index is 6.64. The second-order valence-corrected chi connectivity index (χ2v) is 14.2. The third kappa shape index (κ3) is 5.12. The fraction of sp³-hybridized carbons (Fsp3) is 0.0833. The number of nitrogens with zero attached hydrogens (tertiary/aromatic N) is 1. The minimum atomic E-state index is -0.101. The van der Waals surface area contributed by atoms with Crippen LogP contribution < -0.4 is 4.90 Å². The molecule has 0 radical (unpaired) electrons. The number of fused-ring (bicyclic) bond motifs is 5. The van der Waals surface area contributed by atoms with E-state index < -0.39 is 0 Å². The average Bonchev–Trinajstić information content (AvgIpc) is 3.56. The van der Waals surface area contributed by atoms with Gasteiger partial charge in [-0.3, -0.25) is 0 Å². The molecule has 0 bridgehead atoms. The Bertz CT molecular complexity index is 2690. The minimum absolute atomic E-state index is 0.101. The van der Waals surface area contributed by atoms with Crippen LogP contribution in [-0.2, 0) is 5.41 Å². The summed E-state index contributed by atoms with van der Waals surface area (Å²) in [4.78, 5) is 2.37. The lowest BCUT2D eigenvalue weighted by atomic mass is 9.83. The van der Waals surface area contributed by atoms with Crippen molar-refractivity contribution in [3.63, 3.8) is 0 Å². The first-order valence-corrected chi connectivity index (χ1v) is 17.3. The van der Waals surface area contributed by atoms with Crippen LogP contribution in [0.2, 0.25) is 0 Å². The summed E-state index contributed by atoms with van der Waals surface area (Å²) in [5.74, 6) is 0.928. The lowest BCUT2D eigenvalue weighted by Gasteiger charge is -2.27. The van der Waals surface area contributed by atoms with E-state index in [0.717, 1.165) is 34.0 Å². The number of benzene rings is 8. The van der Waals surface area contributed by atoms with Crippen LogP contribution >= 0.6 is 0 Å². The van der Waals surface area contributed by atoms with Gasteiger partial charge in [0.2, 0.25) is 0 Å². The highest BCUT2D eigenvalue weighted by molar-refractivity contribution is 6.08. The van der Waals surface area contributed by atoms with Gasteiger partial charge in [0.15, 0.2) is 0 Å². The van der Waals surface area contributed by atoms with E-state index in [2.05, 4.69) is 189 Å². The highest BCUT2D eigenvalue weighted by Crippen LogP contribution is 2.44. The molecule has 2 nitrogen and oxygen atoms in total. The Morgan fingerprint density at radius 2 is 1.02 bits per heavy atom. The van der Waals surface area contributed by atoms with Crippen LogP contribution in [0.1, 0.15) is 26.3 Å². The maximum Gasteiger partial charge on any atom is 0.139 e. The van der Waals surface area contributed by atoms with Crippen molar-refractivity contribution in [3.8, 4) is 22.5 Å². The van der Waals surface area contributed by atoms with E-state index in [9.17, 15) is 0 Å². The Kier molecular flexibility index (Phi) is 7.07. The molecule has 9 aromatic rings. The third-order valence-electron chi connectivity index (χ3n) is 9.92. The van der Waals surface area contributed by atoms with Crippen LogP contribution in [-0.4, -0.2) is 0 Å². The summed E-state index contributed by atoms with van der Waals surface area (Å²) in [6.07, 6.45) is 0. The lowest BCUT2D eigenvalue weighted by Crippen LogP contribution is -2.12. The molecule has 9 rings (SSSR count). The van der Waals surface area contributed by atoms with Crippen molar-refractivity contribution in [2.75, 3.05) is 4.90 Å². The average molecular weight is 644 g/mol. The predicted molar refractivity (Wildman–Crippen MR) is 213 cm³/mol. The Labute approximate surface area is 292 Å². The Morgan fingerprint density at radius 1 is 0.420 bits per heavy atom. The molecule has 1 heterocycles. The first-order chi connectivity index (χ1) is 24.4. The highest BCUT2D eigenvalue weighted by atomic mass is 16.3. The van der Waals surface area contributed by atoms with Gasteiger partial charge in [-0.2, -0.15) is 0 Å². The van der Waals surface area contributed by atoms with Crippen molar-refractivity contribution in [1.82, 2.24) is 0 Å². The van der Waals surface area contributed by atoms with Crippen LogP contribution in [0.4, 0.5) is 17.1 Å². The van der Waals surface area contributed by atoms with Gasteiger partial charge in [0.05, 0.1) is 0 Å². The van der Waals surface area contributed by atoms with E-state index in [1.165, 1.54) is 54.4 Å². The van der Waals surface area contributed by atoms with Gasteiger partial charge < -0.3 is 9.32 Å². The summed E-state index contributed by atoms with van der Waals surface area (Å²) in [6, 6.07) is 61.2. The van der Waals surface area contributed by atoms with E-state index >= 15 is 0 Å². The van der Waals surface area contributed by atoms with E-state index in [0.29, 0.717) is 0 Å². The number of hydrogen-bond acceptors (Lipinski definition) is 2. The number of para-hydroxylation sites is 1. The molecule has 2 heteroatoms. The smallest absolute Gasteiger partial charge is 0.139 e. The Balaban J connectivity index is 1.22. The molecule has 8 aromatic carbocycles. The number of rotatable bonds is 5. The predicted octanol–water partition coefficient (Wildman–Crippen LogP) is 14.0. The largest absolute Gasteiger partial charge is 0.456 e. The van der Waals surface area contributed by atoms with Crippen LogP contribution in [0, 0.1) is 0 Å². The normalized spacial score (nSPS) is 11.9. The molecular weight excluding hydrogens is 607 g/mol. The molecule has 50 heavy (non-hydrogen) atoms. The van der Waals surface area contributed by atoms with Gasteiger partial charge in [0.25, 0.3) is 0 Å². The molecule has 0 fully saturated rings. The van der Waals surface area contributed by atoms with Crippen molar-refractivity contribution in [2.45, 2.75) is 26.2 Å². The summed E-state index contributed by atoms with van der Waals surface area (Å²) >= 11 is 0. The summed E-state index contributed by atoms with van der Waals surface area (Å²) in [5.41, 5.74) is 8.80. The van der Waals surface area contributed by atoms with Crippen molar-refractivity contribution in [1.29, 1.82) is 0 Å². The third-order valence-corrected chi connectivity index (χ3v) is 9.92. The van der Waals surface area contributed by atoms with Gasteiger partial charge in [-0.1, -0.05) is 148 Å². The van der Waals surface area contributed by atoms with Crippen molar-refractivity contribution < 1.29 is 4.42 Å². The summed E-state index contributed by atoms with van der Waals surface area (Å²) < 4.78 is 6.64. The van der Waals surface area contributed by atoms with Crippen molar-refractivity contribution in [2.24, 2.45) is 0 Å². The molecule has 0 unspecified atom stereocenters. The van der Waals surface area contributed by atoms with Crippen LogP contribution in [0.15, 0.2) is 174 Å². The molecule has 0 spiro atoms. The molecular formula is C48H37NO. The molecule has 0 saturated carbocycles. The monoisotopic (exact) mass is 643 g/mol. The maximum atomic E-state index is 6.64. The van der Waals surface area contributed by atoms with E-state index in [4.69, 9.17) is 4.42 Å². The molecule has 240 valence electrons. The number of anilines is 3. The second-order valence-electron chi connectivity index (χ2n) is 14.2. The first kappa shape index (κ1) is 30.0. The van der Waals surface area contributed by atoms with Gasteiger partial charge in [-0.15, -0.1) is 0 Å². The molecule has 0 aliphatic carbocycles. The first-order valence-electron chi connectivity index (χ1n) is 17.3. The molecule has 0 N–H and O–H groups in total. The quantitative estimate of drug-likeness (QED) is 0.174. The minimum Gasteiger partial charge on any atom is -0.456 e. The van der Waals surface area contributed by atoms with Crippen molar-refractivity contribution in [3.05, 3.63) is 175 Å². The van der Waals surface area contributed by atoms with E-state index in [-0.39, 0.29) is 5.41 Å². The fourth-order valence-electron chi connectivity index (χ4n) is 7.63. The molecule has 0 aliphatic rings. The SMILES string of the molecule is CC(C)(C)c1c(-c2cccc(N(c3ccc(-c4cccc5ccccc45)cc3)c3ccc4c(ccc5ccccc54)c3)c2)oc2ccccc12.